The minimum Gasteiger partial charge on any atom is -0.353 e. The lowest BCUT2D eigenvalue weighted by atomic mass is 9.85. The van der Waals surface area contributed by atoms with Crippen LogP contribution in [0.1, 0.15) is 40.6 Å². The normalized spacial score (nSPS) is 16.6. The molecule has 1 aromatic carbocycles. The zero-order valence-electron chi connectivity index (χ0n) is 15.9. The summed E-state index contributed by atoms with van der Waals surface area (Å²) < 4.78 is 0. The second-order valence-corrected chi connectivity index (χ2v) is 8.57. The van der Waals surface area contributed by atoms with Crippen molar-refractivity contribution in [2.24, 2.45) is 0 Å². The van der Waals surface area contributed by atoms with Gasteiger partial charge in [0.2, 0.25) is 0 Å². The number of carbonyl (C=O) groups excluding carboxylic acids is 2. The van der Waals surface area contributed by atoms with Crippen LogP contribution in [0.25, 0.3) is 0 Å². The summed E-state index contributed by atoms with van der Waals surface area (Å²) in [5, 5.41) is 15.6. The van der Waals surface area contributed by atoms with E-state index in [1.807, 2.05) is 55.6 Å². The topological polar surface area (TPSA) is 70.0 Å². The molecule has 0 spiro atoms. The van der Waals surface area contributed by atoms with Gasteiger partial charge >= 0.3 is 0 Å². The minimum atomic E-state index is -0.388. The predicted molar refractivity (Wildman–Crippen MR) is 114 cm³/mol. The van der Waals surface area contributed by atoms with Gasteiger partial charge in [-0.1, -0.05) is 47.7 Å². The third-order valence-corrected chi connectivity index (χ3v) is 6.53. The number of thioether (sulfide) groups is 1. The van der Waals surface area contributed by atoms with Gasteiger partial charge in [-0.15, -0.1) is 11.3 Å². The van der Waals surface area contributed by atoms with Gasteiger partial charge < -0.3 is 5.32 Å². The van der Waals surface area contributed by atoms with E-state index in [0.29, 0.717) is 21.7 Å². The maximum Gasteiger partial charge on any atom is 0.173 e. The van der Waals surface area contributed by atoms with E-state index in [0.717, 1.165) is 16.1 Å². The lowest BCUT2D eigenvalue weighted by Crippen LogP contribution is -2.27. The summed E-state index contributed by atoms with van der Waals surface area (Å²) in [6.07, 6.45) is 0. The molecule has 28 heavy (non-hydrogen) atoms. The molecule has 142 valence electrons. The highest BCUT2D eigenvalue weighted by Crippen LogP contribution is 2.42. The number of nitrogens with zero attached hydrogens (tertiary/aromatic N) is 1. The average molecular weight is 409 g/mol. The Hall–Kier alpha value is -2.62. The van der Waals surface area contributed by atoms with Gasteiger partial charge in [0, 0.05) is 21.7 Å². The largest absolute Gasteiger partial charge is 0.353 e. The number of hydrogen-bond acceptors (Lipinski definition) is 6. The highest BCUT2D eigenvalue weighted by Gasteiger charge is 2.33. The maximum absolute atomic E-state index is 12.5. The third kappa shape index (κ3) is 4.11. The molecular weight excluding hydrogens is 388 g/mol. The van der Waals surface area contributed by atoms with E-state index in [1.54, 1.807) is 0 Å². The van der Waals surface area contributed by atoms with Crippen LogP contribution >= 0.6 is 23.1 Å². The van der Waals surface area contributed by atoms with Crippen LogP contribution in [0.5, 0.6) is 0 Å². The molecule has 0 bridgehead atoms. The Labute approximate surface area is 173 Å². The molecule has 6 heteroatoms. The second kappa shape index (κ2) is 8.59. The van der Waals surface area contributed by atoms with Crippen molar-refractivity contribution < 1.29 is 9.59 Å². The molecule has 0 radical (unpaired) electrons. The van der Waals surface area contributed by atoms with Crippen LogP contribution in [0.3, 0.4) is 0 Å². The third-order valence-electron chi connectivity index (χ3n) is 4.58. The first kappa shape index (κ1) is 20.1. The molecule has 1 aromatic heterocycles. The van der Waals surface area contributed by atoms with Crippen molar-refractivity contribution in [3.63, 3.8) is 0 Å². The number of nitriles is 1. The highest BCUT2D eigenvalue weighted by atomic mass is 32.2. The van der Waals surface area contributed by atoms with Gasteiger partial charge in [-0.2, -0.15) is 5.26 Å². The van der Waals surface area contributed by atoms with Gasteiger partial charge in [-0.3, -0.25) is 9.59 Å². The first-order chi connectivity index (χ1) is 13.4. The molecule has 0 amide bonds. The second-order valence-electron chi connectivity index (χ2n) is 6.60. The van der Waals surface area contributed by atoms with Crippen LogP contribution in [-0.2, 0) is 4.79 Å². The number of Topliss-reactive ketones (excluding diaryl/α,β-unsaturated/α-hetero) is 2. The molecule has 3 rings (SSSR count). The average Bonchev–Trinajstić information content (AvgIpc) is 3.20. The van der Waals surface area contributed by atoms with Gasteiger partial charge in [0.25, 0.3) is 0 Å². The Morgan fingerprint density at radius 1 is 1.21 bits per heavy atom. The SMILES string of the molecule is CC(=O)C1=C(C)NC(SCC(=O)c2ccc(C)cc2)=C(C#N)[C@H]1c1cccs1. The number of ketones is 2. The monoisotopic (exact) mass is 408 g/mol. The van der Waals surface area contributed by atoms with Crippen molar-refractivity contribution in [3.8, 4) is 6.07 Å². The molecule has 0 saturated heterocycles. The summed E-state index contributed by atoms with van der Waals surface area (Å²) in [6, 6.07) is 13.6. The highest BCUT2D eigenvalue weighted by molar-refractivity contribution is 8.03. The summed E-state index contributed by atoms with van der Waals surface area (Å²) >= 11 is 2.83. The molecular formula is C22H20N2O2S2. The first-order valence-electron chi connectivity index (χ1n) is 8.81. The molecule has 2 heterocycles. The van der Waals surface area contributed by atoms with E-state index in [1.165, 1.54) is 30.0 Å². The summed E-state index contributed by atoms with van der Waals surface area (Å²) in [5.74, 6) is -0.226. The van der Waals surface area contributed by atoms with Crippen LogP contribution < -0.4 is 5.32 Å². The number of rotatable bonds is 6. The number of dihydropyridines is 1. The molecule has 1 aliphatic heterocycles. The molecule has 1 aliphatic rings. The number of nitrogens with one attached hydrogen (secondary N) is 1. The summed E-state index contributed by atoms with van der Waals surface area (Å²) in [5.41, 5.74) is 3.58. The fourth-order valence-corrected chi connectivity index (χ4v) is 5.02. The van der Waals surface area contributed by atoms with E-state index in [-0.39, 0.29) is 23.2 Å². The van der Waals surface area contributed by atoms with Gasteiger partial charge in [0.15, 0.2) is 11.6 Å². The number of benzene rings is 1. The van der Waals surface area contributed by atoms with Crippen molar-refractivity contribution in [3.05, 3.63) is 79.7 Å². The van der Waals surface area contributed by atoms with E-state index in [2.05, 4.69) is 11.4 Å². The standard InChI is InChI=1S/C22H20N2O2S2/c1-13-6-8-16(9-7-13)18(26)12-28-22-17(11-23)21(19-5-4-10-27-19)20(15(3)25)14(2)24-22/h4-10,21,24H,12H2,1-3H3/t21-/m0/s1. The van der Waals surface area contributed by atoms with Gasteiger partial charge in [-0.05, 0) is 32.2 Å². The molecule has 1 N–H and O–H groups in total. The maximum atomic E-state index is 12.5. The van der Waals surface area contributed by atoms with E-state index < -0.39 is 0 Å². The molecule has 1 atom stereocenters. The number of allylic oxidation sites excluding steroid dienone is 3. The zero-order chi connectivity index (χ0) is 20.3. The quantitative estimate of drug-likeness (QED) is 0.684. The Balaban J connectivity index is 1.90. The van der Waals surface area contributed by atoms with Crippen molar-refractivity contribution >= 4 is 34.7 Å². The van der Waals surface area contributed by atoms with Crippen molar-refractivity contribution in [2.45, 2.75) is 26.7 Å². The van der Waals surface area contributed by atoms with Crippen LogP contribution in [0, 0.1) is 18.3 Å². The molecule has 2 aromatic rings. The summed E-state index contributed by atoms with van der Waals surface area (Å²) in [4.78, 5) is 25.8. The zero-order valence-corrected chi connectivity index (χ0v) is 17.5. The van der Waals surface area contributed by atoms with E-state index >= 15 is 0 Å². The fourth-order valence-electron chi connectivity index (χ4n) is 3.19. The van der Waals surface area contributed by atoms with Crippen LogP contribution in [-0.4, -0.2) is 17.3 Å². The number of carbonyl (C=O) groups is 2. The van der Waals surface area contributed by atoms with Crippen molar-refractivity contribution in [1.82, 2.24) is 5.32 Å². The number of hydrogen-bond donors (Lipinski definition) is 1. The lowest BCUT2D eigenvalue weighted by Gasteiger charge is -2.28. The number of thiophene rings is 1. The summed E-state index contributed by atoms with van der Waals surface area (Å²) in [7, 11) is 0. The van der Waals surface area contributed by atoms with Crippen LogP contribution in [0.2, 0.25) is 0 Å². The molecule has 0 fully saturated rings. The lowest BCUT2D eigenvalue weighted by molar-refractivity contribution is -0.113. The van der Waals surface area contributed by atoms with Crippen molar-refractivity contribution in [2.75, 3.05) is 5.75 Å². The van der Waals surface area contributed by atoms with Crippen LogP contribution in [0.15, 0.2) is 63.7 Å². The Kier molecular flexibility index (Phi) is 6.18. The number of aryl methyl sites for hydroxylation is 1. The van der Waals surface area contributed by atoms with Crippen molar-refractivity contribution in [1.29, 1.82) is 5.26 Å². The Bertz CT molecular complexity index is 1010. The fraction of sp³-hybridized carbons (Fsp3) is 0.227. The van der Waals surface area contributed by atoms with E-state index in [4.69, 9.17) is 0 Å². The first-order valence-corrected chi connectivity index (χ1v) is 10.7. The van der Waals surface area contributed by atoms with Gasteiger partial charge in [-0.25, -0.2) is 0 Å². The summed E-state index contributed by atoms with van der Waals surface area (Å²) in [6.45, 7) is 5.34. The van der Waals surface area contributed by atoms with Gasteiger partial charge in [0.1, 0.15) is 0 Å². The Morgan fingerprint density at radius 2 is 1.93 bits per heavy atom. The smallest absolute Gasteiger partial charge is 0.173 e. The molecule has 0 aliphatic carbocycles. The van der Waals surface area contributed by atoms with E-state index in [9.17, 15) is 14.9 Å². The molecule has 0 unspecified atom stereocenters. The minimum absolute atomic E-state index is 0.00302. The van der Waals surface area contributed by atoms with Gasteiger partial charge in [0.05, 0.1) is 28.3 Å². The predicted octanol–water partition coefficient (Wildman–Crippen LogP) is 4.96. The van der Waals surface area contributed by atoms with Crippen LogP contribution in [0.4, 0.5) is 0 Å². The molecule has 4 nitrogen and oxygen atoms in total. The Morgan fingerprint density at radius 3 is 2.50 bits per heavy atom. The molecule has 0 saturated carbocycles.